The maximum atomic E-state index is 12.9. The summed E-state index contributed by atoms with van der Waals surface area (Å²) >= 11 is 0. The van der Waals surface area contributed by atoms with Gasteiger partial charge in [0.2, 0.25) is 5.91 Å². The Morgan fingerprint density at radius 3 is 2.28 bits per heavy atom. The van der Waals surface area contributed by atoms with Crippen LogP contribution in [-0.4, -0.2) is 50.1 Å². The third-order valence-corrected chi connectivity index (χ3v) is 4.17. The van der Waals surface area contributed by atoms with Gasteiger partial charge in [-0.15, -0.1) is 0 Å². The first-order valence-electron chi connectivity index (χ1n) is 9.65. The van der Waals surface area contributed by atoms with Crippen molar-refractivity contribution in [2.45, 2.75) is 20.8 Å². The Morgan fingerprint density at radius 1 is 0.931 bits per heavy atom. The summed E-state index contributed by atoms with van der Waals surface area (Å²) in [5.74, 6) is 1.09. The van der Waals surface area contributed by atoms with Crippen LogP contribution in [-0.2, 0) is 4.79 Å². The van der Waals surface area contributed by atoms with Gasteiger partial charge in [0.25, 0.3) is 5.91 Å². The van der Waals surface area contributed by atoms with E-state index in [1.807, 2.05) is 26.8 Å². The van der Waals surface area contributed by atoms with Crippen molar-refractivity contribution in [2.75, 3.05) is 38.7 Å². The molecule has 29 heavy (non-hydrogen) atoms. The number of carbonyl (C=O) groups is 2. The molecular weight excluding hydrogens is 372 g/mol. The van der Waals surface area contributed by atoms with E-state index in [4.69, 9.17) is 14.2 Å². The Morgan fingerprint density at radius 2 is 1.62 bits per heavy atom. The Kier molecular flexibility index (Phi) is 8.33. The smallest absolute Gasteiger partial charge is 0.254 e. The Labute approximate surface area is 171 Å². The van der Waals surface area contributed by atoms with Gasteiger partial charge in [0, 0.05) is 12.1 Å². The van der Waals surface area contributed by atoms with Crippen LogP contribution in [0.5, 0.6) is 17.2 Å². The quantitative estimate of drug-likeness (QED) is 0.659. The third-order valence-electron chi connectivity index (χ3n) is 4.17. The van der Waals surface area contributed by atoms with Crippen molar-refractivity contribution in [1.29, 1.82) is 0 Å². The Balaban J connectivity index is 2.13. The third kappa shape index (κ3) is 5.88. The van der Waals surface area contributed by atoms with Crippen molar-refractivity contribution in [3.8, 4) is 17.2 Å². The van der Waals surface area contributed by atoms with E-state index < -0.39 is 0 Å². The number of hydrogen-bond donors (Lipinski definition) is 1. The second kappa shape index (κ2) is 10.9. The highest BCUT2D eigenvalue weighted by molar-refractivity contribution is 6.00. The number of benzene rings is 2. The standard InChI is InChI=1S/C22H28N2O5/c1-5-24(15-21(25)23-17-10-8-9-11-18(17)27-4)22(26)16-12-13-19(28-6-2)20(14-16)29-7-3/h8-14H,5-7,15H2,1-4H3,(H,23,25). The average molecular weight is 400 g/mol. The second-order valence-electron chi connectivity index (χ2n) is 6.10. The fraction of sp³-hybridized carbons (Fsp3) is 0.364. The van der Waals surface area contributed by atoms with Crippen LogP contribution >= 0.6 is 0 Å². The van der Waals surface area contributed by atoms with Gasteiger partial charge in [-0.2, -0.15) is 0 Å². The van der Waals surface area contributed by atoms with E-state index in [0.717, 1.165) is 0 Å². The van der Waals surface area contributed by atoms with Crippen molar-refractivity contribution in [3.05, 3.63) is 48.0 Å². The molecule has 2 aromatic carbocycles. The molecule has 0 saturated carbocycles. The first-order chi connectivity index (χ1) is 14.0. The summed E-state index contributed by atoms with van der Waals surface area (Å²) in [6.07, 6.45) is 0. The van der Waals surface area contributed by atoms with E-state index in [9.17, 15) is 9.59 Å². The zero-order valence-corrected chi connectivity index (χ0v) is 17.4. The molecule has 0 saturated heterocycles. The summed E-state index contributed by atoms with van der Waals surface area (Å²) in [7, 11) is 1.54. The molecule has 2 amide bonds. The van der Waals surface area contributed by atoms with Crippen molar-refractivity contribution in [1.82, 2.24) is 4.90 Å². The summed E-state index contributed by atoms with van der Waals surface area (Å²) in [6, 6.07) is 12.2. The molecule has 0 aliphatic heterocycles. The van der Waals surface area contributed by atoms with Gasteiger partial charge in [0.05, 0.1) is 26.0 Å². The minimum absolute atomic E-state index is 0.0788. The molecule has 0 unspecified atom stereocenters. The summed E-state index contributed by atoms with van der Waals surface area (Å²) in [5.41, 5.74) is 0.993. The number of nitrogens with one attached hydrogen (secondary N) is 1. The lowest BCUT2D eigenvalue weighted by atomic mass is 10.1. The number of likely N-dealkylation sites (N-methyl/N-ethyl adjacent to an activating group) is 1. The normalized spacial score (nSPS) is 10.2. The molecule has 2 rings (SSSR count). The zero-order chi connectivity index (χ0) is 21.2. The maximum absolute atomic E-state index is 12.9. The van der Waals surface area contributed by atoms with Crippen LogP contribution in [0.25, 0.3) is 0 Å². The SMILES string of the molecule is CCOc1ccc(C(=O)N(CC)CC(=O)Nc2ccccc2OC)cc1OCC. The van der Waals surface area contributed by atoms with E-state index in [1.54, 1.807) is 36.4 Å². The summed E-state index contributed by atoms with van der Waals surface area (Å²) in [5, 5.41) is 2.79. The maximum Gasteiger partial charge on any atom is 0.254 e. The summed E-state index contributed by atoms with van der Waals surface area (Å²) in [4.78, 5) is 26.9. The predicted octanol–water partition coefficient (Wildman–Crippen LogP) is 3.59. The van der Waals surface area contributed by atoms with E-state index >= 15 is 0 Å². The number of amides is 2. The summed E-state index contributed by atoms with van der Waals surface area (Å²) < 4.78 is 16.4. The molecule has 0 aliphatic carbocycles. The van der Waals surface area contributed by atoms with Gasteiger partial charge < -0.3 is 24.4 Å². The number of rotatable bonds is 10. The second-order valence-corrected chi connectivity index (χ2v) is 6.10. The lowest BCUT2D eigenvalue weighted by molar-refractivity contribution is -0.116. The van der Waals surface area contributed by atoms with Gasteiger partial charge in [-0.3, -0.25) is 9.59 Å². The molecule has 156 valence electrons. The molecule has 7 heteroatoms. The lowest BCUT2D eigenvalue weighted by Crippen LogP contribution is -2.37. The minimum atomic E-state index is -0.305. The molecular formula is C22H28N2O5. The van der Waals surface area contributed by atoms with Crippen molar-refractivity contribution < 1.29 is 23.8 Å². The van der Waals surface area contributed by atoms with Gasteiger partial charge in [-0.1, -0.05) is 12.1 Å². The van der Waals surface area contributed by atoms with E-state index in [1.165, 1.54) is 12.0 Å². The molecule has 1 N–H and O–H groups in total. The molecule has 0 atom stereocenters. The fourth-order valence-corrected chi connectivity index (χ4v) is 2.80. The molecule has 0 fully saturated rings. The number of hydrogen-bond acceptors (Lipinski definition) is 5. The van der Waals surface area contributed by atoms with Crippen molar-refractivity contribution in [3.63, 3.8) is 0 Å². The van der Waals surface area contributed by atoms with Crippen LogP contribution in [0.4, 0.5) is 5.69 Å². The molecule has 0 spiro atoms. The molecule has 0 radical (unpaired) electrons. The number of para-hydroxylation sites is 2. The van der Waals surface area contributed by atoms with Crippen LogP contribution in [0.1, 0.15) is 31.1 Å². The number of nitrogens with zero attached hydrogens (tertiary/aromatic N) is 1. The number of carbonyl (C=O) groups excluding carboxylic acids is 2. The topological polar surface area (TPSA) is 77.1 Å². The van der Waals surface area contributed by atoms with Gasteiger partial charge >= 0.3 is 0 Å². The molecule has 2 aromatic rings. The Hall–Kier alpha value is -3.22. The lowest BCUT2D eigenvalue weighted by Gasteiger charge is -2.21. The van der Waals surface area contributed by atoms with Gasteiger partial charge in [0.15, 0.2) is 11.5 Å². The van der Waals surface area contributed by atoms with Crippen LogP contribution in [0.15, 0.2) is 42.5 Å². The fourth-order valence-electron chi connectivity index (χ4n) is 2.80. The van der Waals surface area contributed by atoms with E-state index in [2.05, 4.69) is 5.32 Å². The highest BCUT2D eigenvalue weighted by Gasteiger charge is 2.20. The van der Waals surface area contributed by atoms with Crippen LogP contribution in [0.3, 0.4) is 0 Å². The van der Waals surface area contributed by atoms with Gasteiger partial charge in [-0.05, 0) is 51.1 Å². The molecule has 7 nitrogen and oxygen atoms in total. The molecule has 0 aliphatic rings. The van der Waals surface area contributed by atoms with Crippen LogP contribution in [0.2, 0.25) is 0 Å². The first kappa shape index (κ1) is 22.1. The van der Waals surface area contributed by atoms with Crippen molar-refractivity contribution in [2.24, 2.45) is 0 Å². The highest BCUT2D eigenvalue weighted by atomic mass is 16.5. The first-order valence-corrected chi connectivity index (χ1v) is 9.65. The predicted molar refractivity (Wildman–Crippen MR) is 112 cm³/mol. The number of anilines is 1. The monoisotopic (exact) mass is 400 g/mol. The van der Waals surface area contributed by atoms with Crippen LogP contribution < -0.4 is 19.5 Å². The largest absolute Gasteiger partial charge is 0.495 e. The molecule has 0 bridgehead atoms. The average Bonchev–Trinajstić information content (AvgIpc) is 2.73. The number of methoxy groups -OCH3 is 1. The van der Waals surface area contributed by atoms with Crippen molar-refractivity contribution >= 4 is 17.5 Å². The van der Waals surface area contributed by atoms with Gasteiger partial charge in [0.1, 0.15) is 12.3 Å². The molecule has 0 heterocycles. The number of ether oxygens (including phenoxy) is 3. The highest BCUT2D eigenvalue weighted by Crippen LogP contribution is 2.29. The Bertz CT molecular complexity index is 838. The van der Waals surface area contributed by atoms with E-state index in [-0.39, 0.29) is 18.4 Å². The van der Waals surface area contributed by atoms with Crippen LogP contribution in [0, 0.1) is 0 Å². The molecule has 0 aromatic heterocycles. The minimum Gasteiger partial charge on any atom is -0.495 e. The van der Waals surface area contributed by atoms with E-state index in [0.29, 0.717) is 48.3 Å². The summed E-state index contributed by atoms with van der Waals surface area (Å²) in [6.45, 7) is 6.83. The zero-order valence-electron chi connectivity index (χ0n) is 17.4. The van der Waals surface area contributed by atoms with Gasteiger partial charge in [-0.25, -0.2) is 0 Å².